The van der Waals surface area contributed by atoms with Crippen molar-refractivity contribution in [2.75, 3.05) is 6.54 Å². The molecule has 0 saturated carbocycles. The van der Waals surface area contributed by atoms with Gasteiger partial charge in [-0.2, -0.15) is 0 Å². The van der Waals surface area contributed by atoms with Gasteiger partial charge in [0.2, 0.25) is 0 Å². The number of nitrogens with zero attached hydrogens (tertiary/aromatic N) is 5. The summed E-state index contributed by atoms with van der Waals surface area (Å²) in [7, 11) is 0. The van der Waals surface area contributed by atoms with Crippen molar-refractivity contribution >= 4 is 5.91 Å². The molecule has 1 aromatic carbocycles. The fourth-order valence-electron chi connectivity index (χ4n) is 4.11. The fourth-order valence-corrected chi connectivity index (χ4v) is 4.11. The number of nitrogens with one attached hydrogen (secondary N) is 1. The first-order valence-electron chi connectivity index (χ1n) is 10.5. The minimum absolute atomic E-state index is 0.0689. The first-order valence-corrected chi connectivity index (χ1v) is 10.5. The molecule has 32 heavy (non-hydrogen) atoms. The third-order valence-electron chi connectivity index (χ3n) is 5.59. The first-order chi connectivity index (χ1) is 15.7. The van der Waals surface area contributed by atoms with Gasteiger partial charge in [-0.15, -0.1) is 0 Å². The highest BCUT2D eigenvalue weighted by Gasteiger charge is 2.32. The van der Waals surface area contributed by atoms with Crippen LogP contribution in [0.25, 0.3) is 11.5 Å². The molecule has 0 bridgehead atoms. The second-order valence-electron chi connectivity index (χ2n) is 7.77. The zero-order valence-electron chi connectivity index (χ0n) is 17.3. The van der Waals surface area contributed by atoms with E-state index in [1.165, 1.54) is 12.1 Å². The highest BCUT2D eigenvalue weighted by molar-refractivity contribution is 5.94. The number of carbonyl (C=O) groups excluding carboxylic acids is 1. The smallest absolute Gasteiger partial charge is 0.254 e. The van der Waals surface area contributed by atoms with Crippen LogP contribution in [0.3, 0.4) is 0 Å². The molecule has 1 N–H and O–H groups in total. The maximum Gasteiger partial charge on any atom is 0.254 e. The van der Waals surface area contributed by atoms with Gasteiger partial charge >= 0.3 is 0 Å². The molecular formula is C24H21FN6O. The quantitative estimate of drug-likeness (QED) is 0.520. The van der Waals surface area contributed by atoms with Crippen LogP contribution in [0.1, 0.15) is 46.2 Å². The molecule has 0 aliphatic carbocycles. The van der Waals surface area contributed by atoms with E-state index >= 15 is 0 Å². The number of halogens is 1. The van der Waals surface area contributed by atoms with Crippen molar-refractivity contribution in [2.45, 2.75) is 25.3 Å². The summed E-state index contributed by atoms with van der Waals surface area (Å²) >= 11 is 0. The lowest BCUT2D eigenvalue weighted by molar-refractivity contribution is 0.0732. The monoisotopic (exact) mass is 428 g/mol. The van der Waals surface area contributed by atoms with Gasteiger partial charge < -0.3 is 9.88 Å². The molecule has 1 aliphatic rings. The maximum atomic E-state index is 13.5. The molecule has 5 rings (SSSR count). The van der Waals surface area contributed by atoms with Crippen LogP contribution in [-0.4, -0.2) is 42.3 Å². The van der Waals surface area contributed by atoms with E-state index in [1.54, 1.807) is 49.2 Å². The molecule has 1 saturated heterocycles. The number of aromatic amines is 1. The van der Waals surface area contributed by atoms with Crippen LogP contribution in [0.5, 0.6) is 0 Å². The van der Waals surface area contributed by atoms with E-state index in [4.69, 9.17) is 4.98 Å². The van der Waals surface area contributed by atoms with Gasteiger partial charge in [0, 0.05) is 42.8 Å². The van der Waals surface area contributed by atoms with Crippen LogP contribution in [0.15, 0.2) is 67.4 Å². The van der Waals surface area contributed by atoms with Crippen LogP contribution in [-0.2, 0) is 6.42 Å². The number of aromatic nitrogens is 5. The highest BCUT2D eigenvalue weighted by atomic mass is 19.1. The summed E-state index contributed by atoms with van der Waals surface area (Å²) in [4.78, 5) is 35.9. The van der Waals surface area contributed by atoms with Crippen LogP contribution >= 0.6 is 0 Å². The van der Waals surface area contributed by atoms with Crippen molar-refractivity contribution in [1.82, 2.24) is 29.8 Å². The standard InChI is InChI=1S/C24H21FN6O/c25-18-4-1-3-16(11-18)12-19-13-17(6-7-27-19)24(32)31-10-2-5-22(31)20-14-26-15-21(30-20)23-28-8-9-29-23/h1,3-4,6-9,11,13-15,22H,2,5,10,12H2,(H,28,29)/t22-/m1/s1. The largest absolute Gasteiger partial charge is 0.343 e. The highest BCUT2D eigenvalue weighted by Crippen LogP contribution is 2.32. The van der Waals surface area contributed by atoms with Crippen molar-refractivity contribution in [3.63, 3.8) is 0 Å². The van der Waals surface area contributed by atoms with Crippen LogP contribution in [0.4, 0.5) is 4.39 Å². The van der Waals surface area contributed by atoms with Gasteiger partial charge in [0.05, 0.1) is 24.1 Å². The number of imidazole rings is 1. The number of hydrogen-bond acceptors (Lipinski definition) is 5. The average molecular weight is 428 g/mol. The Balaban J connectivity index is 1.38. The Morgan fingerprint density at radius 3 is 2.94 bits per heavy atom. The van der Waals surface area contributed by atoms with Crippen molar-refractivity contribution in [2.24, 2.45) is 0 Å². The SMILES string of the molecule is O=C(c1ccnc(Cc2cccc(F)c2)c1)N1CCC[C@@H]1c1cncc(-c2ncc[nH]2)n1. The van der Waals surface area contributed by atoms with Crippen molar-refractivity contribution < 1.29 is 9.18 Å². The van der Waals surface area contributed by atoms with E-state index in [0.717, 1.165) is 29.8 Å². The molecule has 1 fully saturated rings. The van der Waals surface area contributed by atoms with E-state index in [2.05, 4.69) is 19.9 Å². The minimum atomic E-state index is -0.285. The zero-order valence-corrected chi connectivity index (χ0v) is 17.3. The lowest BCUT2D eigenvalue weighted by Gasteiger charge is -2.24. The zero-order chi connectivity index (χ0) is 21.9. The Labute approximate surface area is 184 Å². The Bertz CT molecular complexity index is 1240. The molecule has 3 aromatic heterocycles. The van der Waals surface area contributed by atoms with Gasteiger partial charge in [-0.25, -0.2) is 14.4 Å². The summed E-state index contributed by atoms with van der Waals surface area (Å²) in [5, 5.41) is 0. The van der Waals surface area contributed by atoms with E-state index < -0.39 is 0 Å². The van der Waals surface area contributed by atoms with E-state index in [0.29, 0.717) is 30.0 Å². The van der Waals surface area contributed by atoms with Crippen molar-refractivity contribution in [1.29, 1.82) is 0 Å². The van der Waals surface area contributed by atoms with Gasteiger partial charge in [0.25, 0.3) is 5.91 Å². The molecule has 0 radical (unpaired) electrons. The van der Waals surface area contributed by atoms with E-state index in [9.17, 15) is 9.18 Å². The molecule has 4 heterocycles. The maximum absolute atomic E-state index is 13.5. The van der Waals surface area contributed by atoms with Crippen LogP contribution in [0, 0.1) is 5.82 Å². The van der Waals surface area contributed by atoms with Gasteiger partial charge in [0.1, 0.15) is 11.5 Å². The van der Waals surface area contributed by atoms with Gasteiger partial charge in [-0.1, -0.05) is 12.1 Å². The third kappa shape index (κ3) is 4.12. The van der Waals surface area contributed by atoms with Crippen molar-refractivity contribution in [3.05, 3.63) is 95.7 Å². The molecule has 0 spiro atoms. The molecule has 1 aliphatic heterocycles. The summed E-state index contributed by atoms with van der Waals surface area (Å²) < 4.78 is 13.5. The number of hydrogen-bond donors (Lipinski definition) is 1. The predicted molar refractivity (Wildman–Crippen MR) is 116 cm³/mol. The lowest BCUT2D eigenvalue weighted by atomic mass is 10.1. The predicted octanol–water partition coefficient (Wildman–Crippen LogP) is 3.97. The third-order valence-corrected chi connectivity index (χ3v) is 5.59. The molecule has 4 aromatic rings. The Hall–Kier alpha value is -3.94. The van der Waals surface area contributed by atoms with E-state index in [-0.39, 0.29) is 17.8 Å². The van der Waals surface area contributed by atoms with Gasteiger partial charge in [0.15, 0.2) is 5.82 Å². The average Bonchev–Trinajstić information content (AvgIpc) is 3.51. The first kappa shape index (κ1) is 20.0. The molecule has 0 unspecified atom stereocenters. The topological polar surface area (TPSA) is 87.7 Å². The number of rotatable bonds is 5. The number of amides is 1. The number of carbonyl (C=O) groups is 1. The van der Waals surface area contributed by atoms with Gasteiger partial charge in [-0.3, -0.25) is 14.8 Å². The van der Waals surface area contributed by atoms with Crippen LogP contribution < -0.4 is 0 Å². The molecular weight excluding hydrogens is 407 g/mol. The van der Waals surface area contributed by atoms with E-state index in [1.807, 2.05) is 11.0 Å². The molecule has 1 atom stereocenters. The molecule has 7 nitrogen and oxygen atoms in total. The molecule has 8 heteroatoms. The Morgan fingerprint density at radius 1 is 1.16 bits per heavy atom. The second-order valence-corrected chi connectivity index (χ2v) is 7.77. The summed E-state index contributed by atoms with van der Waals surface area (Å²) in [5.41, 5.74) is 3.49. The molecule has 1 amide bonds. The summed E-state index contributed by atoms with van der Waals surface area (Å²) in [5.74, 6) is 0.291. The minimum Gasteiger partial charge on any atom is -0.343 e. The number of H-pyrrole nitrogens is 1. The van der Waals surface area contributed by atoms with Crippen LogP contribution in [0.2, 0.25) is 0 Å². The lowest BCUT2D eigenvalue weighted by Crippen LogP contribution is -2.31. The number of likely N-dealkylation sites (tertiary alicyclic amines) is 1. The fraction of sp³-hybridized carbons (Fsp3) is 0.208. The number of benzene rings is 1. The van der Waals surface area contributed by atoms with Crippen molar-refractivity contribution in [3.8, 4) is 11.5 Å². The summed E-state index contributed by atoms with van der Waals surface area (Å²) in [6, 6.07) is 9.77. The molecule has 160 valence electrons. The number of pyridine rings is 1. The Kier molecular flexibility index (Phi) is 5.41. The Morgan fingerprint density at radius 2 is 2.09 bits per heavy atom. The second kappa shape index (κ2) is 8.66. The summed E-state index contributed by atoms with van der Waals surface area (Å²) in [6.45, 7) is 0.651. The summed E-state index contributed by atoms with van der Waals surface area (Å²) in [6.07, 6.45) is 10.6. The van der Waals surface area contributed by atoms with Gasteiger partial charge in [-0.05, 0) is 42.7 Å². The normalized spacial score (nSPS) is 15.8.